The minimum absolute atomic E-state index is 0.929. The van der Waals surface area contributed by atoms with Crippen LogP contribution < -0.4 is 0 Å². The maximum atomic E-state index is 5.43. The van der Waals surface area contributed by atoms with Crippen LogP contribution in [-0.4, -0.2) is 4.57 Å². The first-order valence-corrected chi connectivity index (χ1v) is 5.25. The van der Waals surface area contributed by atoms with Gasteiger partial charge in [0.15, 0.2) is 0 Å². The Morgan fingerprint density at radius 2 is 1.75 bits per heavy atom. The molecule has 1 heteroatoms. The van der Waals surface area contributed by atoms with Gasteiger partial charge in [-0.05, 0) is 18.2 Å². The first-order valence-electron chi connectivity index (χ1n) is 5.25. The summed E-state index contributed by atoms with van der Waals surface area (Å²) in [6.45, 7) is 0. The Bertz CT molecular complexity index is 726. The molecule has 0 unspecified atom stereocenters. The van der Waals surface area contributed by atoms with Gasteiger partial charge in [0, 0.05) is 28.9 Å². The smallest absolute Gasteiger partial charge is 0.0501 e. The van der Waals surface area contributed by atoms with Crippen LogP contribution in [0.25, 0.3) is 21.8 Å². The van der Waals surface area contributed by atoms with E-state index in [1.165, 1.54) is 21.8 Å². The summed E-state index contributed by atoms with van der Waals surface area (Å²) in [4.78, 5) is 0. The molecule has 0 amide bonds. The van der Waals surface area contributed by atoms with Crippen molar-refractivity contribution >= 4 is 21.8 Å². The second kappa shape index (κ2) is 3.15. The molecule has 2 aromatic carbocycles. The van der Waals surface area contributed by atoms with Gasteiger partial charge in [0.2, 0.25) is 0 Å². The lowest BCUT2D eigenvalue weighted by atomic mass is 10.1. The van der Waals surface area contributed by atoms with Crippen molar-refractivity contribution in [3.8, 4) is 12.3 Å². The maximum absolute atomic E-state index is 5.43. The zero-order valence-electron chi connectivity index (χ0n) is 9.07. The number of fused-ring (bicyclic) bond motifs is 3. The number of terminal acetylenes is 1. The molecule has 0 fully saturated rings. The third-order valence-corrected chi connectivity index (χ3v) is 3.08. The van der Waals surface area contributed by atoms with E-state index in [2.05, 4.69) is 53.9 Å². The van der Waals surface area contributed by atoms with Crippen molar-refractivity contribution in [3.63, 3.8) is 0 Å². The van der Waals surface area contributed by atoms with Crippen molar-refractivity contribution in [3.05, 3.63) is 48.0 Å². The van der Waals surface area contributed by atoms with Crippen molar-refractivity contribution in [1.29, 1.82) is 0 Å². The van der Waals surface area contributed by atoms with E-state index in [0.29, 0.717) is 0 Å². The molecule has 3 aromatic rings. The lowest BCUT2D eigenvalue weighted by Gasteiger charge is -1.97. The highest BCUT2D eigenvalue weighted by molar-refractivity contribution is 6.08. The topological polar surface area (TPSA) is 4.93 Å². The van der Waals surface area contributed by atoms with E-state index < -0.39 is 0 Å². The quantitative estimate of drug-likeness (QED) is 0.496. The first-order chi connectivity index (χ1) is 7.81. The third-order valence-electron chi connectivity index (χ3n) is 3.08. The first kappa shape index (κ1) is 9.06. The van der Waals surface area contributed by atoms with Gasteiger partial charge in [-0.2, -0.15) is 0 Å². The van der Waals surface area contributed by atoms with Crippen LogP contribution in [0.1, 0.15) is 5.56 Å². The van der Waals surface area contributed by atoms with Gasteiger partial charge in [-0.25, -0.2) is 0 Å². The van der Waals surface area contributed by atoms with Gasteiger partial charge >= 0.3 is 0 Å². The molecular weight excluding hydrogens is 194 g/mol. The Morgan fingerprint density at radius 3 is 2.56 bits per heavy atom. The highest BCUT2D eigenvalue weighted by Crippen LogP contribution is 2.28. The molecule has 0 aliphatic rings. The summed E-state index contributed by atoms with van der Waals surface area (Å²) in [5, 5.41) is 2.54. The fraction of sp³-hybridized carbons (Fsp3) is 0.0667. The molecule has 1 heterocycles. The van der Waals surface area contributed by atoms with E-state index >= 15 is 0 Å². The molecule has 0 N–H and O–H groups in total. The van der Waals surface area contributed by atoms with Crippen molar-refractivity contribution < 1.29 is 0 Å². The lowest BCUT2D eigenvalue weighted by molar-refractivity contribution is 1.01. The molecule has 76 valence electrons. The van der Waals surface area contributed by atoms with Crippen molar-refractivity contribution in [2.45, 2.75) is 0 Å². The van der Waals surface area contributed by atoms with Crippen molar-refractivity contribution in [2.75, 3.05) is 0 Å². The Hall–Kier alpha value is -2.20. The van der Waals surface area contributed by atoms with E-state index in [-0.39, 0.29) is 0 Å². The van der Waals surface area contributed by atoms with E-state index in [0.717, 1.165) is 5.56 Å². The van der Waals surface area contributed by atoms with Gasteiger partial charge < -0.3 is 4.57 Å². The molecule has 3 rings (SSSR count). The zero-order valence-corrected chi connectivity index (χ0v) is 9.07. The Kier molecular flexibility index (Phi) is 1.78. The van der Waals surface area contributed by atoms with Crippen LogP contribution in [0.4, 0.5) is 0 Å². The molecule has 0 saturated heterocycles. The monoisotopic (exact) mass is 205 g/mol. The highest BCUT2D eigenvalue weighted by atomic mass is 14.9. The second-order valence-corrected chi connectivity index (χ2v) is 3.95. The summed E-state index contributed by atoms with van der Waals surface area (Å²) in [5.41, 5.74) is 3.36. The molecule has 0 aliphatic heterocycles. The van der Waals surface area contributed by atoms with Gasteiger partial charge in [0.1, 0.15) is 0 Å². The molecule has 0 atom stereocenters. The number of hydrogen-bond donors (Lipinski definition) is 0. The van der Waals surface area contributed by atoms with Gasteiger partial charge in [-0.15, -0.1) is 6.42 Å². The van der Waals surface area contributed by atoms with Crippen LogP contribution in [0.15, 0.2) is 42.5 Å². The number of aromatic nitrogens is 1. The Balaban J connectivity index is 2.57. The van der Waals surface area contributed by atoms with Crippen molar-refractivity contribution in [1.82, 2.24) is 4.57 Å². The third kappa shape index (κ3) is 1.07. The normalized spacial score (nSPS) is 10.8. The fourth-order valence-electron chi connectivity index (χ4n) is 2.25. The molecule has 0 aliphatic carbocycles. The molecule has 0 radical (unpaired) electrons. The number of aryl methyl sites for hydroxylation is 1. The molecule has 1 nitrogen and oxygen atoms in total. The van der Waals surface area contributed by atoms with Gasteiger partial charge in [-0.1, -0.05) is 30.2 Å². The molecular formula is C15H11N. The molecule has 0 spiro atoms. The summed E-state index contributed by atoms with van der Waals surface area (Å²) in [7, 11) is 2.07. The van der Waals surface area contributed by atoms with E-state index in [1.54, 1.807) is 0 Å². The summed E-state index contributed by atoms with van der Waals surface area (Å²) >= 11 is 0. The van der Waals surface area contributed by atoms with Crippen LogP contribution in [-0.2, 0) is 7.05 Å². The number of para-hydroxylation sites is 1. The Morgan fingerprint density at radius 1 is 1.00 bits per heavy atom. The number of nitrogens with zero attached hydrogens (tertiary/aromatic N) is 1. The second-order valence-electron chi connectivity index (χ2n) is 3.95. The molecule has 1 aromatic heterocycles. The molecule has 16 heavy (non-hydrogen) atoms. The average molecular weight is 205 g/mol. The predicted octanol–water partition coefficient (Wildman–Crippen LogP) is 3.31. The predicted molar refractivity (Wildman–Crippen MR) is 68.4 cm³/mol. The highest BCUT2D eigenvalue weighted by Gasteiger charge is 2.06. The largest absolute Gasteiger partial charge is 0.344 e. The maximum Gasteiger partial charge on any atom is 0.0501 e. The molecule has 0 saturated carbocycles. The standard InChI is InChI=1S/C15H11N/c1-3-11-8-9-13-12-6-4-5-7-14(12)16(2)15(13)10-11/h1,4-10H,2H3. The summed E-state index contributed by atoms with van der Waals surface area (Å²) in [6, 6.07) is 14.6. The van der Waals surface area contributed by atoms with Crippen LogP contribution in [0.3, 0.4) is 0 Å². The number of hydrogen-bond acceptors (Lipinski definition) is 0. The minimum atomic E-state index is 0.929. The van der Waals surface area contributed by atoms with E-state index in [1.807, 2.05) is 6.07 Å². The van der Waals surface area contributed by atoms with E-state index in [9.17, 15) is 0 Å². The van der Waals surface area contributed by atoms with E-state index in [4.69, 9.17) is 6.42 Å². The summed E-state index contributed by atoms with van der Waals surface area (Å²) in [6.07, 6.45) is 5.43. The molecule has 0 bridgehead atoms. The van der Waals surface area contributed by atoms with Crippen LogP contribution in [0.5, 0.6) is 0 Å². The number of benzene rings is 2. The van der Waals surface area contributed by atoms with Gasteiger partial charge in [0.25, 0.3) is 0 Å². The van der Waals surface area contributed by atoms with Crippen LogP contribution in [0.2, 0.25) is 0 Å². The van der Waals surface area contributed by atoms with Gasteiger partial charge in [-0.3, -0.25) is 0 Å². The lowest BCUT2D eigenvalue weighted by Crippen LogP contribution is -1.86. The summed E-state index contributed by atoms with van der Waals surface area (Å²) in [5.74, 6) is 2.68. The average Bonchev–Trinajstić information content (AvgIpc) is 2.64. The van der Waals surface area contributed by atoms with Crippen LogP contribution in [0, 0.1) is 12.3 Å². The summed E-state index contributed by atoms with van der Waals surface area (Å²) < 4.78 is 2.19. The SMILES string of the molecule is C#Cc1ccc2c3ccccc3n(C)c2c1. The van der Waals surface area contributed by atoms with Crippen molar-refractivity contribution in [2.24, 2.45) is 7.05 Å². The van der Waals surface area contributed by atoms with Gasteiger partial charge in [0.05, 0.1) is 5.52 Å². The number of rotatable bonds is 0. The van der Waals surface area contributed by atoms with Crippen LogP contribution >= 0.6 is 0 Å². The minimum Gasteiger partial charge on any atom is -0.344 e. The Labute approximate surface area is 94.3 Å². The fourth-order valence-corrected chi connectivity index (χ4v) is 2.25. The zero-order chi connectivity index (χ0) is 11.1.